The number of carbonyl (C=O) groups excluding carboxylic acids is 1. The zero-order valence-corrected chi connectivity index (χ0v) is 14.5. The van der Waals surface area contributed by atoms with E-state index in [1.807, 2.05) is 24.8 Å². The molecule has 0 spiro atoms. The van der Waals surface area contributed by atoms with Gasteiger partial charge in [-0.2, -0.15) is 0 Å². The molecule has 0 N–H and O–H groups in total. The van der Waals surface area contributed by atoms with Crippen LogP contribution in [0.4, 0.5) is 5.82 Å². The molecule has 1 aromatic heterocycles. The quantitative estimate of drug-likeness (QED) is 0.755. The molecule has 0 bridgehead atoms. The van der Waals surface area contributed by atoms with Gasteiger partial charge in [-0.1, -0.05) is 32.1 Å². The van der Waals surface area contributed by atoms with Crippen LogP contribution in [0.2, 0.25) is 0 Å². The summed E-state index contributed by atoms with van der Waals surface area (Å²) in [7, 11) is 0. The van der Waals surface area contributed by atoms with Gasteiger partial charge in [0.1, 0.15) is 11.6 Å². The summed E-state index contributed by atoms with van der Waals surface area (Å²) in [5.74, 6) is 4.68. The van der Waals surface area contributed by atoms with Crippen LogP contribution in [0.25, 0.3) is 0 Å². The fourth-order valence-electron chi connectivity index (χ4n) is 3.53. The van der Waals surface area contributed by atoms with Crippen molar-refractivity contribution in [2.24, 2.45) is 5.92 Å². The van der Waals surface area contributed by atoms with E-state index in [0.717, 1.165) is 43.6 Å². The molecule has 0 radical (unpaired) electrons. The number of ketones is 1. The van der Waals surface area contributed by atoms with Gasteiger partial charge in [0.25, 0.3) is 0 Å². The predicted octanol–water partition coefficient (Wildman–Crippen LogP) is 3.46. The van der Waals surface area contributed by atoms with E-state index in [0.29, 0.717) is 18.2 Å². The van der Waals surface area contributed by atoms with Gasteiger partial charge in [-0.15, -0.1) is 6.42 Å². The Morgan fingerprint density at radius 1 is 1.35 bits per heavy atom. The standard InChI is InChI=1S/C19H27N3O/c1-5-12-22(18-13-14(3)20-15(4)21-18)17(6-2)19(23)16-10-8-7-9-11-16/h1,13,16-17H,6-12H2,2-4H3. The molecule has 1 saturated carbocycles. The number of Topliss-reactive ketones (excluding diaryl/α,β-unsaturated/α-hetero) is 1. The summed E-state index contributed by atoms with van der Waals surface area (Å²) in [4.78, 5) is 23.9. The van der Waals surface area contributed by atoms with Crippen LogP contribution in [0.1, 0.15) is 57.0 Å². The molecule has 1 atom stereocenters. The predicted molar refractivity (Wildman–Crippen MR) is 93.3 cm³/mol. The van der Waals surface area contributed by atoms with Crippen LogP contribution < -0.4 is 4.90 Å². The molecule has 4 heteroatoms. The molecule has 124 valence electrons. The van der Waals surface area contributed by atoms with E-state index in [2.05, 4.69) is 22.8 Å². The molecule has 1 fully saturated rings. The van der Waals surface area contributed by atoms with E-state index < -0.39 is 0 Å². The largest absolute Gasteiger partial charge is 0.335 e. The second-order valence-electron chi connectivity index (χ2n) is 6.41. The number of hydrogen-bond donors (Lipinski definition) is 0. The maximum absolute atomic E-state index is 13.0. The first-order valence-corrected chi connectivity index (χ1v) is 8.63. The van der Waals surface area contributed by atoms with Crippen LogP contribution in [0.15, 0.2) is 6.07 Å². The number of nitrogens with zero attached hydrogens (tertiary/aromatic N) is 3. The van der Waals surface area contributed by atoms with Gasteiger partial charge in [0.2, 0.25) is 0 Å². The smallest absolute Gasteiger partial charge is 0.158 e. The van der Waals surface area contributed by atoms with Crippen LogP contribution >= 0.6 is 0 Å². The number of anilines is 1. The zero-order valence-electron chi connectivity index (χ0n) is 14.5. The number of hydrogen-bond acceptors (Lipinski definition) is 4. The molecule has 1 aliphatic carbocycles. The average Bonchev–Trinajstić information content (AvgIpc) is 2.54. The van der Waals surface area contributed by atoms with Crippen molar-refractivity contribution in [1.29, 1.82) is 0 Å². The Morgan fingerprint density at radius 2 is 2.04 bits per heavy atom. The molecule has 4 nitrogen and oxygen atoms in total. The third-order valence-corrected chi connectivity index (χ3v) is 4.61. The van der Waals surface area contributed by atoms with Gasteiger partial charge in [0, 0.05) is 17.7 Å². The van der Waals surface area contributed by atoms with Gasteiger partial charge in [0.05, 0.1) is 12.6 Å². The molecule has 0 saturated heterocycles. The first-order chi connectivity index (χ1) is 11.1. The molecule has 1 aromatic rings. The maximum atomic E-state index is 13.0. The van der Waals surface area contributed by atoms with E-state index in [1.165, 1.54) is 6.42 Å². The average molecular weight is 313 g/mol. The van der Waals surface area contributed by atoms with Gasteiger partial charge in [-0.25, -0.2) is 9.97 Å². The second-order valence-corrected chi connectivity index (χ2v) is 6.41. The summed E-state index contributed by atoms with van der Waals surface area (Å²) >= 11 is 0. The third-order valence-electron chi connectivity index (χ3n) is 4.61. The molecular formula is C19H27N3O. The molecule has 1 unspecified atom stereocenters. The van der Waals surface area contributed by atoms with Crippen molar-refractivity contribution >= 4 is 11.6 Å². The molecular weight excluding hydrogens is 286 g/mol. The van der Waals surface area contributed by atoms with E-state index in [4.69, 9.17) is 6.42 Å². The Balaban J connectivity index is 2.29. The summed E-state index contributed by atoms with van der Waals surface area (Å²) in [6, 6.07) is 1.73. The van der Waals surface area contributed by atoms with Crippen molar-refractivity contribution in [3.05, 3.63) is 17.6 Å². The van der Waals surface area contributed by atoms with Crippen LogP contribution in [0.5, 0.6) is 0 Å². The highest BCUT2D eigenvalue weighted by Crippen LogP contribution is 2.28. The minimum absolute atomic E-state index is 0.179. The van der Waals surface area contributed by atoms with Crippen molar-refractivity contribution in [2.45, 2.75) is 65.3 Å². The molecule has 2 rings (SSSR count). The minimum Gasteiger partial charge on any atom is -0.335 e. The lowest BCUT2D eigenvalue weighted by Crippen LogP contribution is -2.45. The number of aromatic nitrogens is 2. The maximum Gasteiger partial charge on any atom is 0.158 e. The highest BCUT2D eigenvalue weighted by atomic mass is 16.1. The lowest BCUT2D eigenvalue weighted by atomic mass is 9.83. The normalized spacial score (nSPS) is 16.6. The molecule has 0 amide bonds. The lowest BCUT2D eigenvalue weighted by Gasteiger charge is -2.33. The minimum atomic E-state index is -0.192. The molecule has 0 aliphatic heterocycles. The van der Waals surface area contributed by atoms with Crippen LogP contribution in [0, 0.1) is 32.1 Å². The van der Waals surface area contributed by atoms with Crippen LogP contribution in [-0.4, -0.2) is 28.3 Å². The SMILES string of the molecule is C#CCN(c1cc(C)nc(C)n1)C(CC)C(=O)C1CCCCC1. The van der Waals surface area contributed by atoms with Crippen molar-refractivity contribution in [2.75, 3.05) is 11.4 Å². The summed E-state index contributed by atoms with van der Waals surface area (Å²) in [5, 5.41) is 0. The van der Waals surface area contributed by atoms with Gasteiger partial charge in [0.15, 0.2) is 5.78 Å². The van der Waals surface area contributed by atoms with Gasteiger partial charge < -0.3 is 4.90 Å². The second kappa shape index (κ2) is 8.10. The van der Waals surface area contributed by atoms with E-state index in [9.17, 15) is 4.79 Å². The Morgan fingerprint density at radius 3 is 2.61 bits per heavy atom. The topological polar surface area (TPSA) is 46.1 Å². The molecule has 1 heterocycles. The summed E-state index contributed by atoms with van der Waals surface area (Å²) in [6.45, 7) is 6.26. The van der Waals surface area contributed by atoms with E-state index in [-0.39, 0.29) is 12.0 Å². The van der Waals surface area contributed by atoms with E-state index >= 15 is 0 Å². The fourth-order valence-corrected chi connectivity index (χ4v) is 3.53. The summed E-state index contributed by atoms with van der Waals surface area (Å²) < 4.78 is 0. The number of carbonyl (C=O) groups is 1. The Labute approximate surface area is 139 Å². The van der Waals surface area contributed by atoms with Gasteiger partial charge >= 0.3 is 0 Å². The van der Waals surface area contributed by atoms with Crippen molar-refractivity contribution in [3.63, 3.8) is 0 Å². The molecule has 23 heavy (non-hydrogen) atoms. The first kappa shape index (κ1) is 17.5. The van der Waals surface area contributed by atoms with Gasteiger partial charge in [-0.05, 0) is 33.1 Å². The lowest BCUT2D eigenvalue weighted by molar-refractivity contribution is -0.125. The highest BCUT2D eigenvalue weighted by Gasteiger charge is 2.31. The van der Waals surface area contributed by atoms with Crippen molar-refractivity contribution in [1.82, 2.24) is 9.97 Å². The van der Waals surface area contributed by atoms with Crippen molar-refractivity contribution in [3.8, 4) is 12.3 Å². The zero-order chi connectivity index (χ0) is 16.8. The third kappa shape index (κ3) is 4.31. The van der Waals surface area contributed by atoms with Crippen LogP contribution in [0.3, 0.4) is 0 Å². The number of rotatable bonds is 6. The number of terminal acetylenes is 1. The van der Waals surface area contributed by atoms with E-state index in [1.54, 1.807) is 0 Å². The Hall–Kier alpha value is -1.89. The fraction of sp³-hybridized carbons (Fsp3) is 0.632. The van der Waals surface area contributed by atoms with Gasteiger partial charge in [-0.3, -0.25) is 4.79 Å². The first-order valence-electron chi connectivity index (χ1n) is 8.63. The summed E-state index contributed by atoms with van der Waals surface area (Å²) in [6.07, 6.45) is 11.9. The summed E-state index contributed by atoms with van der Waals surface area (Å²) in [5.41, 5.74) is 0.898. The molecule has 1 aliphatic rings. The monoisotopic (exact) mass is 313 g/mol. The number of aryl methyl sites for hydroxylation is 2. The Bertz CT molecular complexity index is 565. The highest BCUT2D eigenvalue weighted by molar-refractivity contribution is 5.89. The van der Waals surface area contributed by atoms with Crippen molar-refractivity contribution < 1.29 is 4.79 Å². The Kier molecular flexibility index (Phi) is 6.15. The molecule has 0 aromatic carbocycles. The van der Waals surface area contributed by atoms with Crippen LogP contribution in [-0.2, 0) is 4.79 Å².